The van der Waals surface area contributed by atoms with E-state index in [1.165, 1.54) is 86.5 Å². The molecule has 202 valence electrons. The van der Waals surface area contributed by atoms with E-state index in [2.05, 4.69) is 158 Å². The van der Waals surface area contributed by atoms with Gasteiger partial charge in [-0.05, 0) is 76.8 Å². The molecule has 0 atom stereocenters. The quantitative estimate of drug-likeness (QED) is 0.157. The molecule has 9 rings (SSSR count). The Hall–Kier alpha value is -5.33. The number of fused-ring (bicyclic) bond motifs is 6. The van der Waals surface area contributed by atoms with Crippen molar-refractivity contribution in [2.75, 3.05) is 0 Å². The lowest BCUT2D eigenvalue weighted by molar-refractivity contribution is 1.78. The van der Waals surface area contributed by atoms with Gasteiger partial charge < -0.3 is 0 Å². The van der Waals surface area contributed by atoms with Crippen molar-refractivity contribution in [1.29, 1.82) is 0 Å². The fraction of sp³-hybridized carbons (Fsp3) is 0. The van der Waals surface area contributed by atoms with Gasteiger partial charge in [-0.3, -0.25) is 0 Å². The van der Waals surface area contributed by atoms with E-state index in [-0.39, 0.29) is 0 Å². The van der Waals surface area contributed by atoms with Crippen molar-refractivity contribution in [3.8, 4) is 0 Å². The van der Waals surface area contributed by atoms with E-state index in [0.717, 1.165) is 14.6 Å². The summed E-state index contributed by atoms with van der Waals surface area (Å²) in [4.78, 5) is 0. The first-order valence-electron chi connectivity index (χ1n) is 15.5. The Morgan fingerprint density at radius 2 is 0.432 bits per heavy atom. The molecule has 0 nitrogen and oxygen atoms in total. The van der Waals surface area contributed by atoms with E-state index in [4.69, 9.17) is 0 Å². The molecule has 0 amide bonds. The molecule has 9 aromatic rings. The van der Waals surface area contributed by atoms with E-state index < -0.39 is 0 Å². The van der Waals surface area contributed by atoms with E-state index in [9.17, 15) is 0 Å². The van der Waals surface area contributed by atoms with E-state index in [1.54, 1.807) is 0 Å². The highest BCUT2D eigenvalue weighted by Gasteiger charge is 2.20. The molecule has 9 aromatic carbocycles. The van der Waals surface area contributed by atoms with Gasteiger partial charge in [-0.25, -0.2) is 0 Å². The normalized spacial score (nSPS) is 11.6. The highest BCUT2D eigenvalue weighted by molar-refractivity contribution is 6.81. The summed E-state index contributed by atoms with van der Waals surface area (Å²) in [5.41, 5.74) is 5.62. The summed E-state index contributed by atoms with van der Waals surface area (Å²) < 4.78 is 0. The lowest BCUT2D eigenvalue weighted by Crippen LogP contribution is -2.35. The second-order valence-electron chi connectivity index (χ2n) is 12.0. The minimum Gasteiger partial charge on any atom is -0.0632 e. The van der Waals surface area contributed by atoms with Crippen LogP contribution < -0.4 is 21.9 Å². The highest BCUT2D eigenvalue weighted by atomic mass is 14.1. The second kappa shape index (κ2) is 10.1. The van der Waals surface area contributed by atoms with Crippen molar-refractivity contribution in [3.63, 3.8) is 0 Å². The molecule has 0 spiro atoms. The molecule has 0 heterocycles. The minimum atomic E-state index is 0.875. The van der Waals surface area contributed by atoms with Crippen molar-refractivity contribution in [2.45, 2.75) is 0 Å². The van der Waals surface area contributed by atoms with E-state index >= 15 is 0 Å². The second-order valence-corrected chi connectivity index (χ2v) is 12.0. The third-order valence-electron chi connectivity index (χ3n) is 9.63. The molecule has 0 N–H and O–H groups in total. The number of hydrogen-bond donors (Lipinski definition) is 0. The molecule has 0 aliphatic carbocycles. The average molecular weight is 554 g/mol. The van der Waals surface area contributed by atoms with Gasteiger partial charge in [-0.2, -0.15) is 0 Å². The van der Waals surface area contributed by atoms with Gasteiger partial charge in [-0.15, -0.1) is 0 Å². The predicted molar refractivity (Wildman–Crippen MR) is 197 cm³/mol. The Kier molecular flexibility index (Phi) is 5.81. The van der Waals surface area contributed by atoms with Crippen molar-refractivity contribution in [2.24, 2.45) is 0 Å². The summed E-state index contributed by atoms with van der Waals surface area (Å²) >= 11 is 0. The molecule has 0 aliphatic rings. The average Bonchev–Trinajstić information content (AvgIpc) is 3.09. The summed E-state index contributed by atoms with van der Waals surface area (Å²) in [7, 11) is 1.75. The Labute approximate surface area is 258 Å². The van der Waals surface area contributed by atoms with Crippen LogP contribution in [0.3, 0.4) is 0 Å². The lowest BCUT2D eigenvalue weighted by atomic mass is 9.54. The van der Waals surface area contributed by atoms with Crippen molar-refractivity contribution in [3.05, 3.63) is 158 Å². The maximum absolute atomic E-state index is 2.34. The van der Waals surface area contributed by atoms with Crippen LogP contribution in [0.15, 0.2) is 158 Å². The molecule has 0 bridgehead atoms. The number of rotatable bonds is 4. The van der Waals surface area contributed by atoms with Gasteiger partial charge in [0.25, 0.3) is 0 Å². The molecule has 2 heteroatoms. The van der Waals surface area contributed by atoms with Gasteiger partial charge in [-0.1, -0.05) is 167 Å². The van der Waals surface area contributed by atoms with Crippen LogP contribution in [0.2, 0.25) is 0 Å². The van der Waals surface area contributed by atoms with Crippen LogP contribution in [0, 0.1) is 0 Å². The van der Waals surface area contributed by atoms with Crippen molar-refractivity contribution in [1.82, 2.24) is 0 Å². The monoisotopic (exact) mass is 554 g/mol. The van der Waals surface area contributed by atoms with Crippen LogP contribution in [-0.2, 0) is 0 Å². The predicted octanol–water partition coefficient (Wildman–Crippen LogP) is 7.38. The molecule has 44 heavy (non-hydrogen) atoms. The molecule has 0 aromatic heterocycles. The van der Waals surface area contributed by atoms with Crippen molar-refractivity contribution < 1.29 is 0 Å². The topological polar surface area (TPSA) is 0 Å². The van der Waals surface area contributed by atoms with Crippen LogP contribution >= 0.6 is 0 Å². The SMILES string of the molecule is B(c1c2ccccc2cc2ccccc12)c1c2ccccc2c(Bc2c3ccccc3cc3ccccc23)c2ccccc12. The third kappa shape index (κ3) is 3.95. The smallest absolute Gasteiger partial charge is 0.0632 e. The van der Waals surface area contributed by atoms with Gasteiger partial charge in [0.1, 0.15) is 0 Å². The molecule has 0 saturated heterocycles. The van der Waals surface area contributed by atoms with Crippen LogP contribution in [0.5, 0.6) is 0 Å². The molecule has 0 radical (unpaired) electrons. The van der Waals surface area contributed by atoms with Crippen LogP contribution in [0.1, 0.15) is 0 Å². The zero-order chi connectivity index (χ0) is 29.0. The first-order chi connectivity index (χ1) is 21.8. The summed E-state index contributed by atoms with van der Waals surface area (Å²) in [5.74, 6) is 0. The first-order valence-corrected chi connectivity index (χ1v) is 15.5. The van der Waals surface area contributed by atoms with Gasteiger partial charge in [0.15, 0.2) is 14.6 Å². The number of hydrogen-bond acceptors (Lipinski definition) is 0. The molecular formula is C42H28B2. The molecule has 0 fully saturated rings. The van der Waals surface area contributed by atoms with Gasteiger partial charge in [0.2, 0.25) is 0 Å². The van der Waals surface area contributed by atoms with Crippen LogP contribution in [-0.4, -0.2) is 14.6 Å². The van der Waals surface area contributed by atoms with Gasteiger partial charge >= 0.3 is 0 Å². The summed E-state index contributed by atoms with van der Waals surface area (Å²) in [6.07, 6.45) is 0. The molecule has 0 aliphatic heterocycles. The van der Waals surface area contributed by atoms with E-state index in [1.807, 2.05) is 0 Å². The van der Waals surface area contributed by atoms with Gasteiger partial charge in [0.05, 0.1) is 0 Å². The fourth-order valence-electron chi connectivity index (χ4n) is 7.64. The number of benzene rings is 9. The lowest BCUT2D eigenvalue weighted by Gasteiger charge is -2.19. The zero-order valence-electron chi connectivity index (χ0n) is 24.4. The van der Waals surface area contributed by atoms with Crippen LogP contribution in [0.25, 0.3) is 64.6 Å². The first kappa shape index (κ1) is 25.2. The maximum atomic E-state index is 2.34. The minimum absolute atomic E-state index is 0.875. The van der Waals surface area contributed by atoms with Crippen LogP contribution in [0.4, 0.5) is 0 Å². The summed E-state index contributed by atoms with van der Waals surface area (Å²) in [6, 6.07) is 58.3. The molecular weight excluding hydrogens is 526 g/mol. The maximum Gasteiger partial charge on any atom is 0.195 e. The third-order valence-corrected chi connectivity index (χ3v) is 9.63. The Morgan fingerprint density at radius 3 is 0.705 bits per heavy atom. The summed E-state index contributed by atoms with van der Waals surface area (Å²) in [5, 5.41) is 16.0. The zero-order valence-corrected chi connectivity index (χ0v) is 24.4. The standard InChI is InChI=1S/C42H28B2/c1-5-17-31-27(13-1)25-28-14-2-6-18-32(28)39(31)43-41-35-21-9-11-23-37(35)42(38-24-12-10-22-36(38)41)44-40-33-19-7-3-15-29(33)26-30-16-4-8-20-34(30)40/h1-26,43-44H. The summed E-state index contributed by atoms with van der Waals surface area (Å²) in [6.45, 7) is 0. The highest BCUT2D eigenvalue weighted by Crippen LogP contribution is 2.25. The largest absolute Gasteiger partial charge is 0.195 e. The molecule has 0 saturated carbocycles. The van der Waals surface area contributed by atoms with Gasteiger partial charge in [0, 0.05) is 0 Å². The van der Waals surface area contributed by atoms with E-state index in [0.29, 0.717) is 0 Å². The fourth-order valence-corrected chi connectivity index (χ4v) is 7.64. The van der Waals surface area contributed by atoms with Crippen molar-refractivity contribution >= 4 is 101 Å². The Bertz CT molecular complexity index is 2220. The molecule has 0 unspecified atom stereocenters. The Morgan fingerprint density at radius 1 is 0.227 bits per heavy atom. The Balaban J connectivity index is 1.33.